The molecule has 0 amide bonds. The Hall–Kier alpha value is -1.18. The quantitative estimate of drug-likeness (QED) is 0.386. The number of hydrogen-bond donors (Lipinski definition) is 0. The van der Waals surface area contributed by atoms with Crippen LogP contribution in [0.5, 0.6) is 0 Å². The summed E-state index contributed by atoms with van der Waals surface area (Å²) in [5, 5.41) is 0. The Bertz CT molecular complexity index is 265. The predicted octanol–water partition coefficient (Wildman–Crippen LogP) is 1.42. The molecule has 0 spiro atoms. The Morgan fingerprint density at radius 3 is 2.45 bits per heavy atom. The van der Waals surface area contributed by atoms with Crippen LogP contribution in [0.15, 0.2) is 23.3 Å². The average molecular weight is 150 g/mol. The summed E-state index contributed by atoms with van der Waals surface area (Å²) in [7, 11) is 0. The highest BCUT2D eigenvalue weighted by Gasteiger charge is 2.19. The molecule has 0 aromatic carbocycles. The first-order valence-corrected chi connectivity index (χ1v) is 3.54. The van der Waals surface area contributed by atoms with Gasteiger partial charge in [0.25, 0.3) is 0 Å². The van der Waals surface area contributed by atoms with Crippen LogP contribution < -0.4 is 0 Å². The van der Waals surface area contributed by atoms with Gasteiger partial charge in [-0.1, -0.05) is 11.6 Å². The molecule has 2 heteroatoms. The number of allylic oxidation sites excluding steroid dienone is 4. The molecule has 0 fully saturated rings. The van der Waals surface area contributed by atoms with Gasteiger partial charge < -0.3 is 0 Å². The molecule has 1 aliphatic rings. The van der Waals surface area contributed by atoms with E-state index in [0.29, 0.717) is 12.0 Å². The third kappa shape index (κ3) is 1.45. The second-order valence-corrected chi connectivity index (χ2v) is 2.78. The summed E-state index contributed by atoms with van der Waals surface area (Å²) in [4.78, 5) is 21.9. The molecule has 11 heavy (non-hydrogen) atoms. The van der Waals surface area contributed by atoms with Gasteiger partial charge in [-0.05, 0) is 26.3 Å². The molecule has 0 aliphatic heterocycles. The van der Waals surface area contributed by atoms with Crippen molar-refractivity contribution < 1.29 is 9.59 Å². The number of rotatable bonds is 0. The van der Waals surface area contributed by atoms with Crippen LogP contribution in [0.1, 0.15) is 20.3 Å². The van der Waals surface area contributed by atoms with E-state index >= 15 is 0 Å². The summed E-state index contributed by atoms with van der Waals surface area (Å²) in [6.45, 7) is 3.69. The minimum absolute atomic E-state index is 0.340. The van der Waals surface area contributed by atoms with Crippen molar-refractivity contribution in [1.82, 2.24) is 0 Å². The fourth-order valence-electron chi connectivity index (χ4n) is 1.03. The topological polar surface area (TPSA) is 34.1 Å². The fraction of sp³-hybridized carbons (Fsp3) is 0.333. The van der Waals surface area contributed by atoms with Crippen molar-refractivity contribution in [2.45, 2.75) is 20.3 Å². The van der Waals surface area contributed by atoms with Crippen molar-refractivity contribution in [3.8, 4) is 0 Å². The van der Waals surface area contributed by atoms with Crippen LogP contribution in [0.2, 0.25) is 0 Å². The molecule has 1 aliphatic carbocycles. The summed E-state index contributed by atoms with van der Waals surface area (Å²) in [5.41, 5.74) is 1.59. The second-order valence-electron chi connectivity index (χ2n) is 2.78. The Morgan fingerprint density at radius 1 is 1.36 bits per heavy atom. The van der Waals surface area contributed by atoms with Crippen LogP contribution >= 0.6 is 0 Å². The molecular weight excluding hydrogens is 140 g/mol. The van der Waals surface area contributed by atoms with Gasteiger partial charge in [0.1, 0.15) is 0 Å². The maximum absolute atomic E-state index is 11.1. The summed E-state index contributed by atoms with van der Waals surface area (Å²) < 4.78 is 0. The third-order valence-corrected chi connectivity index (χ3v) is 1.69. The Kier molecular flexibility index (Phi) is 2.03. The van der Waals surface area contributed by atoms with Crippen LogP contribution in [-0.4, -0.2) is 11.6 Å². The highest BCUT2D eigenvalue weighted by Crippen LogP contribution is 2.15. The zero-order valence-electron chi connectivity index (χ0n) is 6.68. The first kappa shape index (κ1) is 7.92. The van der Waals surface area contributed by atoms with E-state index in [0.717, 1.165) is 5.57 Å². The lowest BCUT2D eigenvalue weighted by Crippen LogP contribution is -2.17. The zero-order valence-corrected chi connectivity index (χ0v) is 6.68. The van der Waals surface area contributed by atoms with E-state index in [9.17, 15) is 9.59 Å². The number of Topliss-reactive ketones (excluding diaryl/α,β-unsaturated/α-hetero) is 1. The number of hydrogen-bond acceptors (Lipinski definition) is 2. The molecule has 0 aromatic heterocycles. The van der Waals surface area contributed by atoms with Crippen LogP contribution in [0.4, 0.5) is 0 Å². The van der Waals surface area contributed by atoms with Gasteiger partial charge in [0.15, 0.2) is 0 Å². The molecule has 2 nitrogen and oxygen atoms in total. The van der Waals surface area contributed by atoms with Crippen LogP contribution in [-0.2, 0) is 9.59 Å². The van der Waals surface area contributed by atoms with E-state index in [4.69, 9.17) is 0 Å². The maximum atomic E-state index is 11.1. The van der Waals surface area contributed by atoms with Crippen molar-refractivity contribution in [3.05, 3.63) is 23.3 Å². The van der Waals surface area contributed by atoms with Gasteiger partial charge in [-0.3, -0.25) is 9.59 Å². The summed E-state index contributed by atoms with van der Waals surface area (Å²) >= 11 is 0. The van der Waals surface area contributed by atoms with E-state index in [1.807, 2.05) is 13.8 Å². The van der Waals surface area contributed by atoms with Crippen molar-refractivity contribution in [2.75, 3.05) is 0 Å². The Labute approximate surface area is 65.6 Å². The van der Waals surface area contributed by atoms with E-state index < -0.39 is 5.78 Å². The molecule has 0 bridgehead atoms. The molecule has 0 atom stereocenters. The molecule has 0 saturated heterocycles. The third-order valence-electron chi connectivity index (χ3n) is 1.69. The largest absolute Gasteiger partial charge is 0.286 e. The molecule has 0 radical (unpaired) electrons. The van der Waals surface area contributed by atoms with Gasteiger partial charge >= 0.3 is 0 Å². The van der Waals surface area contributed by atoms with E-state index in [2.05, 4.69) is 0 Å². The van der Waals surface area contributed by atoms with E-state index in [-0.39, 0.29) is 5.78 Å². The first-order valence-electron chi connectivity index (χ1n) is 3.54. The van der Waals surface area contributed by atoms with Gasteiger partial charge in [-0.15, -0.1) is 0 Å². The number of carbonyl (C=O) groups is 2. The average Bonchev–Trinajstić information content (AvgIpc) is 1.94. The van der Waals surface area contributed by atoms with Crippen molar-refractivity contribution >= 4 is 11.6 Å². The minimum atomic E-state index is -0.396. The first-order chi connectivity index (χ1) is 5.13. The van der Waals surface area contributed by atoms with Gasteiger partial charge in [-0.25, -0.2) is 0 Å². The lowest BCUT2D eigenvalue weighted by molar-refractivity contribution is -0.131. The van der Waals surface area contributed by atoms with Crippen LogP contribution in [0.3, 0.4) is 0 Å². The van der Waals surface area contributed by atoms with Gasteiger partial charge in [-0.2, -0.15) is 0 Å². The molecular formula is C9H10O2. The predicted molar refractivity (Wildman–Crippen MR) is 42.1 cm³/mol. The maximum Gasteiger partial charge on any atom is 0.229 e. The van der Waals surface area contributed by atoms with Gasteiger partial charge in [0.2, 0.25) is 11.6 Å². The Morgan fingerprint density at radius 2 is 2.00 bits per heavy atom. The lowest BCUT2D eigenvalue weighted by Gasteiger charge is -2.07. The van der Waals surface area contributed by atoms with Crippen molar-refractivity contribution in [3.63, 3.8) is 0 Å². The minimum Gasteiger partial charge on any atom is -0.286 e. The Balaban J connectivity index is 3.06. The zero-order chi connectivity index (χ0) is 8.43. The SMILES string of the molecule is CC(C)=C1CC=CC(=O)C1=O. The van der Waals surface area contributed by atoms with E-state index in [1.165, 1.54) is 6.08 Å². The van der Waals surface area contributed by atoms with E-state index in [1.54, 1.807) is 6.08 Å². The standard InChI is InChI=1S/C9H10O2/c1-6(2)7-4-3-5-8(10)9(7)11/h3,5H,4H2,1-2H3. The second kappa shape index (κ2) is 2.82. The van der Waals surface area contributed by atoms with Crippen molar-refractivity contribution in [1.29, 1.82) is 0 Å². The molecule has 0 saturated carbocycles. The molecule has 0 aromatic rings. The van der Waals surface area contributed by atoms with Crippen LogP contribution in [0, 0.1) is 0 Å². The molecule has 1 rings (SSSR count). The van der Waals surface area contributed by atoms with Gasteiger partial charge in [0, 0.05) is 5.57 Å². The molecule has 0 unspecified atom stereocenters. The molecule has 0 N–H and O–H groups in total. The number of ketones is 2. The number of carbonyl (C=O) groups excluding carboxylic acids is 2. The lowest BCUT2D eigenvalue weighted by atomic mass is 9.95. The molecule has 0 heterocycles. The highest BCUT2D eigenvalue weighted by atomic mass is 16.2. The summed E-state index contributed by atoms with van der Waals surface area (Å²) in [5.74, 6) is -0.736. The molecule has 58 valence electrons. The van der Waals surface area contributed by atoms with Crippen molar-refractivity contribution in [2.24, 2.45) is 0 Å². The summed E-state index contributed by atoms with van der Waals surface area (Å²) in [6.07, 6.45) is 3.67. The monoisotopic (exact) mass is 150 g/mol. The fourth-order valence-corrected chi connectivity index (χ4v) is 1.03. The van der Waals surface area contributed by atoms with Gasteiger partial charge in [0.05, 0.1) is 0 Å². The normalized spacial score (nSPS) is 17.5. The highest BCUT2D eigenvalue weighted by molar-refractivity contribution is 6.48. The van der Waals surface area contributed by atoms with Crippen LogP contribution in [0.25, 0.3) is 0 Å². The summed E-state index contributed by atoms with van der Waals surface area (Å²) in [6, 6.07) is 0. The smallest absolute Gasteiger partial charge is 0.229 e.